The topological polar surface area (TPSA) is 118 Å². The summed E-state index contributed by atoms with van der Waals surface area (Å²) in [5.74, 6) is 1.93. The van der Waals surface area contributed by atoms with Gasteiger partial charge < -0.3 is 26.0 Å². The lowest BCUT2D eigenvalue weighted by atomic mass is 9.75. The summed E-state index contributed by atoms with van der Waals surface area (Å²) in [4.78, 5) is 29.5. The van der Waals surface area contributed by atoms with Crippen molar-refractivity contribution in [2.24, 2.45) is 5.41 Å². The third-order valence-electron chi connectivity index (χ3n) is 7.65. The minimum atomic E-state index is -0.501. The Morgan fingerprint density at radius 1 is 1.24 bits per heavy atom. The molecule has 1 amide bonds. The van der Waals surface area contributed by atoms with Gasteiger partial charge in [-0.1, -0.05) is 11.8 Å². The number of amides is 1. The van der Waals surface area contributed by atoms with Crippen molar-refractivity contribution in [3.8, 4) is 0 Å². The molecule has 6 rings (SSSR count). The van der Waals surface area contributed by atoms with E-state index < -0.39 is 5.54 Å². The zero-order chi connectivity index (χ0) is 22.6. The van der Waals surface area contributed by atoms with E-state index in [-0.39, 0.29) is 5.91 Å². The zero-order valence-corrected chi connectivity index (χ0v) is 19.6. The van der Waals surface area contributed by atoms with Crippen molar-refractivity contribution in [3.63, 3.8) is 0 Å². The minimum Gasteiger partial charge on any atom is -0.381 e. The fourth-order valence-electron chi connectivity index (χ4n) is 5.47. The molecule has 2 aromatic rings. The van der Waals surface area contributed by atoms with Crippen LogP contribution in [0.4, 0.5) is 23.1 Å². The highest BCUT2D eigenvalue weighted by Gasteiger charge is 2.48. The SMILES string of the molecule is C[C@H]1CC2(CCN(c3cnc(Sc4ccnc5c4NC(=O)C4(CCC4)N5)c(N)n3)CC2)CO1. The Morgan fingerprint density at radius 3 is 2.73 bits per heavy atom. The van der Waals surface area contributed by atoms with Gasteiger partial charge in [0, 0.05) is 24.2 Å². The normalized spacial score (nSPS) is 24.8. The van der Waals surface area contributed by atoms with Gasteiger partial charge in [0.05, 0.1) is 24.6 Å². The van der Waals surface area contributed by atoms with Crippen LogP contribution in [0.3, 0.4) is 0 Å². The van der Waals surface area contributed by atoms with E-state index >= 15 is 0 Å². The second-order valence-corrected chi connectivity index (χ2v) is 10.9. The third-order valence-corrected chi connectivity index (χ3v) is 8.72. The van der Waals surface area contributed by atoms with E-state index in [4.69, 9.17) is 10.5 Å². The molecule has 0 radical (unpaired) electrons. The standard InChI is InChI=1S/C23H29N7O2S/c1-14-11-22(13-32-14)6-9-30(10-7-22)16-12-26-20(18(24)27-16)33-15-3-8-25-19-17(15)28-21(31)23(29-19)4-2-5-23/h3,8,12,14H,2,4-7,9-11,13H2,1H3,(H2,24,27)(H,25,29)(H,28,31)/t14-/m0/s1. The number of rotatable bonds is 3. The molecule has 1 atom stereocenters. The highest BCUT2D eigenvalue weighted by atomic mass is 32.2. The smallest absolute Gasteiger partial charge is 0.250 e. The molecule has 4 N–H and O–H groups in total. The highest BCUT2D eigenvalue weighted by molar-refractivity contribution is 7.99. The number of nitrogens with two attached hydrogens (primary N) is 1. The van der Waals surface area contributed by atoms with Gasteiger partial charge in [0.25, 0.3) is 0 Å². The van der Waals surface area contributed by atoms with Crippen LogP contribution in [0.15, 0.2) is 28.4 Å². The van der Waals surface area contributed by atoms with E-state index in [1.54, 1.807) is 12.4 Å². The van der Waals surface area contributed by atoms with Gasteiger partial charge in [-0.25, -0.2) is 15.0 Å². The van der Waals surface area contributed by atoms with Crippen LogP contribution in [0.1, 0.15) is 45.4 Å². The van der Waals surface area contributed by atoms with E-state index in [1.165, 1.54) is 11.8 Å². The summed E-state index contributed by atoms with van der Waals surface area (Å²) in [5.41, 5.74) is 6.83. The van der Waals surface area contributed by atoms with Gasteiger partial charge in [0.2, 0.25) is 5.91 Å². The number of ether oxygens (including phenoxy) is 1. The van der Waals surface area contributed by atoms with Crippen molar-refractivity contribution in [3.05, 3.63) is 18.5 Å². The number of hydrogen-bond acceptors (Lipinski definition) is 9. The van der Waals surface area contributed by atoms with Crippen molar-refractivity contribution in [1.29, 1.82) is 0 Å². The summed E-state index contributed by atoms with van der Waals surface area (Å²) >= 11 is 1.40. The number of carbonyl (C=O) groups excluding carboxylic acids is 1. The molecule has 0 bridgehead atoms. The van der Waals surface area contributed by atoms with Gasteiger partial charge in [0.1, 0.15) is 16.4 Å². The van der Waals surface area contributed by atoms with Gasteiger partial charge in [-0.2, -0.15) is 0 Å². The molecule has 2 aromatic heterocycles. The minimum absolute atomic E-state index is 0.00966. The molecule has 3 aliphatic heterocycles. The molecular weight excluding hydrogens is 438 g/mol. The number of anilines is 4. The Hall–Kier alpha value is -2.59. The molecule has 1 saturated carbocycles. The van der Waals surface area contributed by atoms with Gasteiger partial charge in [-0.15, -0.1) is 0 Å². The highest BCUT2D eigenvalue weighted by Crippen LogP contribution is 2.46. The second-order valence-electron chi connectivity index (χ2n) is 9.88. The molecule has 3 fully saturated rings. The second kappa shape index (κ2) is 7.73. The van der Waals surface area contributed by atoms with Gasteiger partial charge >= 0.3 is 0 Å². The lowest BCUT2D eigenvalue weighted by Gasteiger charge is -2.44. The van der Waals surface area contributed by atoms with E-state index in [0.717, 1.165) is 68.9 Å². The lowest BCUT2D eigenvalue weighted by Crippen LogP contribution is -2.57. The van der Waals surface area contributed by atoms with Crippen molar-refractivity contribution < 1.29 is 9.53 Å². The van der Waals surface area contributed by atoms with Crippen LogP contribution in [0.5, 0.6) is 0 Å². The Labute approximate surface area is 197 Å². The first kappa shape index (κ1) is 21.0. The van der Waals surface area contributed by atoms with Gasteiger partial charge in [-0.3, -0.25) is 4.79 Å². The zero-order valence-electron chi connectivity index (χ0n) is 18.8. The summed E-state index contributed by atoms with van der Waals surface area (Å²) in [5, 5.41) is 7.04. The number of nitrogens with one attached hydrogen (secondary N) is 2. The van der Waals surface area contributed by atoms with Crippen molar-refractivity contribution >= 4 is 40.8 Å². The fraction of sp³-hybridized carbons (Fsp3) is 0.565. The maximum absolute atomic E-state index is 12.7. The summed E-state index contributed by atoms with van der Waals surface area (Å²) < 4.78 is 5.84. The molecule has 0 unspecified atom stereocenters. The average molecular weight is 468 g/mol. The maximum Gasteiger partial charge on any atom is 0.250 e. The number of nitrogens with zero attached hydrogens (tertiary/aromatic N) is 4. The molecule has 2 spiro atoms. The number of fused-ring (bicyclic) bond motifs is 1. The number of carbonyl (C=O) groups is 1. The Balaban J connectivity index is 1.17. The molecule has 174 valence electrons. The number of pyridine rings is 1. The molecule has 4 aliphatic rings. The van der Waals surface area contributed by atoms with Gasteiger partial charge in [-0.05, 0) is 56.9 Å². The van der Waals surface area contributed by atoms with Crippen LogP contribution in [0, 0.1) is 5.41 Å². The summed E-state index contributed by atoms with van der Waals surface area (Å²) in [6.07, 6.45) is 9.98. The Morgan fingerprint density at radius 2 is 2.06 bits per heavy atom. The summed E-state index contributed by atoms with van der Waals surface area (Å²) in [6, 6.07) is 1.87. The molecule has 0 aromatic carbocycles. The van der Waals surface area contributed by atoms with Crippen LogP contribution < -0.4 is 21.3 Å². The van der Waals surface area contributed by atoms with Crippen LogP contribution >= 0.6 is 11.8 Å². The summed E-state index contributed by atoms with van der Waals surface area (Å²) in [7, 11) is 0. The fourth-order valence-corrected chi connectivity index (χ4v) is 6.31. The maximum atomic E-state index is 12.7. The van der Waals surface area contributed by atoms with Gasteiger partial charge in [0.15, 0.2) is 11.6 Å². The number of piperidine rings is 1. The first-order valence-corrected chi connectivity index (χ1v) is 12.5. The molecule has 9 nitrogen and oxygen atoms in total. The van der Waals surface area contributed by atoms with Crippen molar-refractivity contribution in [2.75, 3.05) is 41.0 Å². The molecule has 5 heterocycles. The predicted octanol–water partition coefficient (Wildman–Crippen LogP) is 3.29. The largest absolute Gasteiger partial charge is 0.381 e. The predicted molar refractivity (Wildman–Crippen MR) is 128 cm³/mol. The van der Waals surface area contributed by atoms with E-state index in [1.807, 2.05) is 6.07 Å². The van der Waals surface area contributed by atoms with Crippen molar-refractivity contribution in [2.45, 2.75) is 67.0 Å². The molecular formula is C23H29N7O2S. The van der Waals surface area contributed by atoms with E-state index in [0.29, 0.717) is 33.9 Å². The third kappa shape index (κ3) is 3.59. The number of aromatic nitrogens is 3. The summed E-state index contributed by atoms with van der Waals surface area (Å²) in [6.45, 7) is 4.91. The molecule has 33 heavy (non-hydrogen) atoms. The van der Waals surface area contributed by atoms with Crippen LogP contribution in [0.2, 0.25) is 0 Å². The van der Waals surface area contributed by atoms with E-state index in [2.05, 4.69) is 37.4 Å². The van der Waals surface area contributed by atoms with Crippen LogP contribution in [0.25, 0.3) is 0 Å². The van der Waals surface area contributed by atoms with Crippen LogP contribution in [-0.4, -0.2) is 52.2 Å². The van der Waals surface area contributed by atoms with E-state index in [9.17, 15) is 4.79 Å². The van der Waals surface area contributed by atoms with Crippen LogP contribution in [-0.2, 0) is 9.53 Å². The quantitative estimate of drug-likeness (QED) is 0.625. The molecule has 10 heteroatoms. The monoisotopic (exact) mass is 467 g/mol. The molecule has 2 saturated heterocycles. The first-order chi connectivity index (χ1) is 16.0. The Bertz CT molecular complexity index is 1100. The first-order valence-electron chi connectivity index (χ1n) is 11.7. The Kier molecular flexibility index (Phi) is 4.91. The number of nitrogen functional groups attached to an aromatic ring is 1. The average Bonchev–Trinajstić information content (AvgIpc) is 3.14. The molecule has 1 aliphatic carbocycles. The van der Waals surface area contributed by atoms with Crippen molar-refractivity contribution in [1.82, 2.24) is 15.0 Å². The number of hydrogen-bond donors (Lipinski definition) is 3. The lowest BCUT2D eigenvalue weighted by molar-refractivity contribution is -0.123.